The average Bonchev–Trinajstić information content (AvgIpc) is 2.60. The van der Waals surface area contributed by atoms with Crippen molar-refractivity contribution in [2.45, 2.75) is 25.2 Å². The highest BCUT2D eigenvalue weighted by atomic mass is 79.9. The van der Waals surface area contributed by atoms with Crippen LogP contribution in [-0.4, -0.2) is 29.5 Å². The largest absolute Gasteiger partial charge is 0.382 e. The Balaban J connectivity index is 1.90. The van der Waals surface area contributed by atoms with Gasteiger partial charge in [-0.25, -0.2) is 4.68 Å². The van der Waals surface area contributed by atoms with Gasteiger partial charge in [-0.05, 0) is 46.8 Å². The van der Waals surface area contributed by atoms with Gasteiger partial charge in [0.25, 0.3) is 5.56 Å². The Morgan fingerprint density at radius 2 is 2.04 bits per heavy atom. The summed E-state index contributed by atoms with van der Waals surface area (Å²) in [7, 11) is 1.64. The monoisotopic (exact) mass is 391 g/mol. The van der Waals surface area contributed by atoms with Gasteiger partial charge in [0, 0.05) is 32.2 Å². The predicted octanol–water partition coefficient (Wildman–Crippen LogP) is 3.01. The highest BCUT2D eigenvalue weighted by Crippen LogP contribution is 2.37. The molecule has 0 unspecified atom stereocenters. The SMILES string of the molecule is Cc1ccccc1C1(CNc2cnn(C)c(=O)c2Br)CCOCC1. The van der Waals surface area contributed by atoms with E-state index in [-0.39, 0.29) is 11.0 Å². The molecule has 0 bridgehead atoms. The molecule has 1 saturated heterocycles. The summed E-state index contributed by atoms with van der Waals surface area (Å²) in [5, 5.41) is 7.54. The third-order valence-electron chi connectivity index (χ3n) is 4.86. The van der Waals surface area contributed by atoms with E-state index in [9.17, 15) is 4.79 Å². The summed E-state index contributed by atoms with van der Waals surface area (Å²) >= 11 is 3.38. The molecule has 1 aromatic heterocycles. The number of nitrogens with zero attached hydrogens (tertiary/aromatic N) is 2. The second kappa shape index (κ2) is 7.07. The van der Waals surface area contributed by atoms with Gasteiger partial charge in [-0.2, -0.15) is 5.10 Å². The molecular formula is C18H22BrN3O2. The molecule has 0 amide bonds. The highest BCUT2D eigenvalue weighted by molar-refractivity contribution is 9.10. The van der Waals surface area contributed by atoms with Crippen molar-refractivity contribution in [1.82, 2.24) is 9.78 Å². The second-order valence-corrected chi connectivity index (χ2v) is 7.16. The number of anilines is 1. The molecule has 0 atom stereocenters. The van der Waals surface area contributed by atoms with Crippen molar-refractivity contribution < 1.29 is 4.74 Å². The van der Waals surface area contributed by atoms with E-state index in [4.69, 9.17) is 4.74 Å². The van der Waals surface area contributed by atoms with Crippen LogP contribution in [0.3, 0.4) is 0 Å². The fourth-order valence-corrected chi connectivity index (χ4v) is 3.87. The summed E-state index contributed by atoms with van der Waals surface area (Å²) in [6, 6.07) is 8.53. The molecule has 24 heavy (non-hydrogen) atoms. The lowest BCUT2D eigenvalue weighted by atomic mass is 9.72. The summed E-state index contributed by atoms with van der Waals surface area (Å²) in [4.78, 5) is 12.0. The van der Waals surface area contributed by atoms with Gasteiger partial charge in [-0.1, -0.05) is 24.3 Å². The van der Waals surface area contributed by atoms with Crippen LogP contribution >= 0.6 is 15.9 Å². The molecule has 128 valence electrons. The first-order chi connectivity index (χ1) is 11.5. The van der Waals surface area contributed by atoms with E-state index in [1.807, 2.05) is 0 Å². The van der Waals surface area contributed by atoms with Gasteiger partial charge >= 0.3 is 0 Å². The molecule has 1 N–H and O–H groups in total. The quantitative estimate of drug-likeness (QED) is 0.869. The van der Waals surface area contributed by atoms with Crippen molar-refractivity contribution in [2.24, 2.45) is 7.05 Å². The Kier molecular flexibility index (Phi) is 5.06. The smallest absolute Gasteiger partial charge is 0.282 e. The van der Waals surface area contributed by atoms with Crippen LogP contribution in [0.25, 0.3) is 0 Å². The molecule has 6 heteroatoms. The van der Waals surface area contributed by atoms with E-state index >= 15 is 0 Å². The van der Waals surface area contributed by atoms with Crippen molar-refractivity contribution in [2.75, 3.05) is 25.1 Å². The third kappa shape index (κ3) is 3.26. The number of rotatable bonds is 4. The number of hydrogen-bond acceptors (Lipinski definition) is 4. The maximum absolute atomic E-state index is 12.0. The molecule has 1 fully saturated rings. The Morgan fingerprint density at radius 3 is 2.75 bits per heavy atom. The molecule has 0 saturated carbocycles. The molecule has 1 aliphatic rings. The average molecular weight is 392 g/mol. The van der Waals surface area contributed by atoms with Gasteiger partial charge in [-0.15, -0.1) is 0 Å². The molecular weight excluding hydrogens is 370 g/mol. The summed E-state index contributed by atoms with van der Waals surface area (Å²) in [6.45, 7) is 4.41. The van der Waals surface area contributed by atoms with Crippen molar-refractivity contribution in [3.05, 3.63) is 56.4 Å². The first-order valence-corrected chi connectivity index (χ1v) is 8.92. The van der Waals surface area contributed by atoms with Crippen molar-refractivity contribution in [3.63, 3.8) is 0 Å². The molecule has 1 aliphatic heterocycles. The van der Waals surface area contributed by atoms with Crippen molar-refractivity contribution in [3.8, 4) is 0 Å². The zero-order valence-corrected chi connectivity index (χ0v) is 15.6. The molecule has 5 nitrogen and oxygen atoms in total. The number of nitrogens with one attached hydrogen (secondary N) is 1. The molecule has 2 heterocycles. The topological polar surface area (TPSA) is 56.2 Å². The Bertz CT molecular complexity index is 782. The van der Waals surface area contributed by atoms with Crippen LogP contribution in [0.2, 0.25) is 0 Å². The third-order valence-corrected chi connectivity index (χ3v) is 5.63. The van der Waals surface area contributed by atoms with Crippen LogP contribution in [0.15, 0.2) is 39.7 Å². The molecule has 3 rings (SSSR count). The normalized spacial score (nSPS) is 16.8. The second-order valence-electron chi connectivity index (χ2n) is 6.36. The summed E-state index contributed by atoms with van der Waals surface area (Å²) in [5.41, 5.74) is 3.25. The van der Waals surface area contributed by atoms with Gasteiger partial charge in [0.2, 0.25) is 0 Å². The van der Waals surface area contributed by atoms with Crippen LogP contribution in [0.5, 0.6) is 0 Å². The van der Waals surface area contributed by atoms with Gasteiger partial charge in [0.05, 0.1) is 11.9 Å². The predicted molar refractivity (Wildman–Crippen MR) is 98.6 cm³/mol. The maximum Gasteiger partial charge on any atom is 0.282 e. The zero-order valence-electron chi connectivity index (χ0n) is 14.0. The van der Waals surface area contributed by atoms with Gasteiger partial charge in [0.1, 0.15) is 4.47 Å². The number of benzene rings is 1. The zero-order chi connectivity index (χ0) is 17.2. The minimum absolute atomic E-state index is 0.00408. The van der Waals surface area contributed by atoms with Gasteiger partial charge < -0.3 is 10.1 Å². The van der Waals surface area contributed by atoms with E-state index in [1.165, 1.54) is 15.8 Å². The lowest BCUT2D eigenvalue weighted by Crippen LogP contribution is -2.41. The van der Waals surface area contributed by atoms with Crippen molar-refractivity contribution in [1.29, 1.82) is 0 Å². The van der Waals surface area contributed by atoms with Crippen LogP contribution in [0, 0.1) is 6.92 Å². The Hall–Kier alpha value is -1.66. The fourth-order valence-electron chi connectivity index (χ4n) is 3.37. The number of ether oxygens (including phenoxy) is 1. The van der Waals surface area contributed by atoms with E-state index < -0.39 is 0 Å². The molecule has 0 aliphatic carbocycles. The lowest BCUT2D eigenvalue weighted by molar-refractivity contribution is 0.0542. The van der Waals surface area contributed by atoms with Crippen LogP contribution in [0.4, 0.5) is 5.69 Å². The van der Waals surface area contributed by atoms with Crippen molar-refractivity contribution >= 4 is 21.6 Å². The molecule has 0 radical (unpaired) electrons. The minimum atomic E-state index is -0.142. The molecule has 2 aromatic rings. The summed E-state index contributed by atoms with van der Waals surface area (Å²) in [5.74, 6) is 0. The highest BCUT2D eigenvalue weighted by Gasteiger charge is 2.35. The number of aromatic nitrogens is 2. The maximum atomic E-state index is 12.0. The fraction of sp³-hybridized carbons (Fsp3) is 0.444. The van der Waals surface area contributed by atoms with Crippen LogP contribution in [0.1, 0.15) is 24.0 Å². The minimum Gasteiger partial charge on any atom is -0.382 e. The molecule has 1 aromatic carbocycles. The van der Waals surface area contributed by atoms with E-state index in [2.05, 4.69) is 57.5 Å². The Morgan fingerprint density at radius 1 is 1.33 bits per heavy atom. The Labute approximate surface area is 150 Å². The number of halogens is 1. The summed E-state index contributed by atoms with van der Waals surface area (Å²) < 4.78 is 7.43. The van der Waals surface area contributed by atoms with Crippen LogP contribution in [-0.2, 0) is 17.2 Å². The summed E-state index contributed by atoms with van der Waals surface area (Å²) in [6.07, 6.45) is 3.61. The standard InChI is InChI=1S/C18H22BrN3O2/c1-13-5-3-4-6-14(13)18(7-9-24-10-8-18)12-20-15-11-21-22(2)17(23)16(15)19/h3-6,11,20H,7-10,12H2,1-2H3. The van der Waals surface area contributed by atoms with Gasteiger partial charge in [-0.3, -0.25) is 4.79 Å². The van der Waals surface area contributed by atoms with Gasteiger partial charge in [0.15, 0.2) is 0 Å². The van der Waals surface area contributed by atoms with E-state index in [0.29, 0.717) is 4.47 Å². The van der Waals surface area contributed by atoms with E-state index in [0.717, 1.165) is 38.3 Å². The first-order valence-electron chi connectivity index (χ1n) is 8.13. The molecule has 0 spiro atoms. The number of aryl methyl sites for hydroxylation is 2. The first kappa shape index (κ1) is 17.2. The lowest BCUT2D eigenvalue weighted by Gasteiger charge is -2.39. The van der Waals surface area contributed by atoms with Crippen LogP contribution < -0.4 is 10.9 Å². The van der Waals surface area contributed by atoms with E-state index in [1.54, 1.807) is 13.2 Å². The number of hydrogen-bond donors (Lipinski definition) is 1.